The van der Waals surface area contributed by atoms with Crippen LogP contribution < -0.4 is 0 Å². The lowest BCUT2D eigenvalue weighted by Gasteiger charge is -2.22. The van der Waals surface area contributed by atoms with Crippen LogP contribution in [-0.2, 0) is 5.60 Å². The van der Waals surface area contributed by atoms with Gasteiger partial charge in [-0.3, -0.25) is 0 Å². The van der Waals surface area contributed by atoms with Gasteiger partial charge in [-0.15, -0.1) is 0 Å². The molecule has 1 N–H and O–H groups in total. The molecule has 1 aromatic carbocycles. The number of rotatable bonds is 2. The summed E-state index contributed by atoms with van der Waals surface area (Å²) in [5, 5.41) is 9.64. The maximum atomic E-state index is 13.2. The first kappa shape index (κ1) is 11.0. The number of hydrogen-bond acceptors (Lipinski definition) is 1. The van der Waals surface area contributed by atoms with Crippen molar-refractivity contribution in [1.82, 2.24) is 0 Å². The van der Waals surface area contributed by atoms with Crippen molar-refractivity contribution in [3.05, 3.63) is 35.1 Å². The summed E-state index contributed by atoms with van der Waals surface area (Å²) in [5.74, 6) is -3.11. The Balaban J connectivity index is 3.35. The summed E-state index contributed by atoms with van der Waals surface area (Å²) in [4.78, 5) is 0. The zero-order valence-corrected chi connectivity index (χ0v) is 7.94. The van der Waals surface area contributed by atoms with Gasteiger partial charge in [0, 0.05) is 12.1 Å². The van der Waals surface area contributed by atoms with Crippen molar-refractivity contribution in [2.24, 2.45) is 0 Å². The minimum atomic E-state index is -1.61. The summed E-state index contributed by atoms with van der Waals surface area (Å²) in [6, 6.07) is 1.12. The van der Waals surface area contributed by atoms with Gasteiger partial charge in [0.15, 0.2) is 0 Å². The molecule has 1 atom stereocenters. The van der Waals surface area contributed by atoms with E-state index in [4.69, 9.17) is 0 Å². The molecule has 0 aliphatic heterocycles. The monoisotopic (exact) mass is 204 g/mol. The zero-order valence-electron chi connectivity index (χ0n) is 7.94. The summed E-state index contributed by atoms with van der Waals surface area (Å²) >= 11 is 0. The minimum absolute atomic E-state index is 0.145. The van der Waals surface area contributed by atoms with Crippen LogP contribution in [0.2, 0.25) is 0 Å². The predicted molar refractivity (Wildman–Crippen MR) is 46.2 cm³/mol. The van der Waals surface area contributed by atoms with Crippen molar-refractivity contribution < 1.29 is 18.3 Å². The van der Waals surface area contributed by atoms with E-state index in [0.717, 1.165) is 0 Å². The normalized spacial score (nSPS) is 15.3. The standard InChI is InChI=1S/C10H11F3O/c1-3-10(2,14)9-7(12)4-6(11)5-8(9)13/h4-5,14H,3H2,1-2H3. The Morgan fingerprint density at radius 1 is 1.21 bits per heavy atom. The third-order valence-electron chi connectivity index (χ3n) is 2.23. The summed E-state index contributed by atoms with van der Waals surface area (Å²) in [6.45, 7) is 2.87. The van der Waals surface area contributed by atoms with Crippen molar-refractivity contribution in [2.45, 2.75) is 25.9 Å². The summed E-state index contributed by atoms with van der Waals surface area (Å²) in [5.41, 5.74) is -2.09. The fourth-order valence-corrected chi connectivity index (χ4v) is 1.23. The fourth-order valence-electron chi connectivity index (χ4n) is 1.23. The number of hydrogen-bond donors (Lipinski definition) is 1. The molecule has 4 heteroatoms. The van der Waals surface area contributed by atoms with Gasteiger partial charge in [0.2, 0.25) is 0 Å². The Labute approximate surface area is 80.2 Å². The maximum Gasteiger partial charge on any atom is 0.135 e. The van der Waals surface area contributed by atoms with Gasteiger partial charge in [0.05, 0.1) is 11.2 Å². The molecule has 78 valence electrons. The van der Waals surface area contributed by atoms with Gasteiger partial charge in [-0.25, -0.2) is 13.2 Å². The molecule has 0 amide bonds. The summed E-state index contributed by atoms with van der Waals surface area (Å²) < 4.78 is 38.8. The van der Waals surface area contributed by atoms with Gasteiger partial charge in [-0.2, -0.15) is 0 Å². The lowest BCUT2D eigenvalue weighted by atomic mass is 9.92. The third-order valence-corrected chi connectivity index (χ3v) is 2.23. The quantitative estimate of drug-likeness (QED) is 0.785. The third kappa shape index (κ3) is 1.90. The highest BCUT2D eigenvalue weighted by atomic mass is 19.1. The Kier molecular flexibility index (Phi) is 2.85. The van der Waals surface area contributed by atoms with Crippen LogP contribution in [0.4, 0.5) is 13.2 Å². The van der Waals surface area contributed by atoms with Crippen LogP contribution in [0, 0.1) is 17.5 Å². The first-order chi connectivity index (χ1) is 6.38. The van der Waals surface area contributed by atoms with Gasteiger partial charge in [-0.1, -0.05) is 6.92 Å². The first-order valence-electron chi connectivity index (χ1n) is 4.26. The lowest BCUT2D eigenvalue weighted by molar-refractivity contribution is 0.0451. The van der Waals surface area contributed by atoms with Gasteiger partial charge in [0.1, 0.15) is 17.5 Å². The predicted octanol–water partition coefficient (Wildman–Crippen LogP) is 2.72. The SMILES string of the molecule is CCC(C)(O)c1c(F)cc(F)cc1F. The highest BCUT2D eigenvalue weighted by Gasteiger charge is 2.28. The Morgan fingerprint density at radius 3 is 2.00 bits per heavy atom. The van der Waals surface area contributed by atoms with E-state index in [1.165, 1.54) is 6.92 Å². The van der Waals surface area contributed by atoms with Crippen LogP contribution in [0.25, 0.3) is 0 Å². The number of benzene rings is 1. The van der Waals surface area contributed by atoms with Gasteiger partial charge in [0.25, 0.3) is 0 Å². The molecule has 0 bridgehead atoms. The van der Waals surface area contributed by atoms with E-state index in [9.17, 15) is 18.3 Å². The van der Waals surface area contributed by atoms with Crippen LogP contribution >= 0.6 is 0 Å². The molecule has 1 nitrogen and oxygen atoms in total. The molecule has 0 saturated heterocycles. The Bertz CT molecular complexity index is 324. The Morgan fingerprint density at radius 2 is 1.64 bits per heavy atom. The van der Waals surface area contributed by atoms with Crippen LogP contribution in [0.15, 0.2) is 12.1 Å². The van der Waals surface area contributed by atoms with E-state index in [-0.39, 0.29) is 6.42 Å². The molecule has 0 fully saturated rings. The van der Waals surface area contributed by atoms with E-state index in [0.29, 0.717) is 12.1 Å². The van der Waals surface area contributed by atoms with Gasteiger partial charge in [-0.05, 0) is 13.3 Å². The first-order valence-corrected chi connectivity index (χ1v) is 4.26. The van der Waals surface area contributed by atoms with E-state index in [2.05, 4.69) is 0 Å². The molecule has 0 radical (unpaired) electrons. The molecule has 0 aliphatic rings. The Hall–Kier alpha value is -1.03. The van der Waals surface area contributed by atoms with Crippen molar-refractivity contribution in [3.63, 3.8) is 0 Å². The molecule has 0 heterocycles. The van der Waals surface area contributed by atoms with Crippen LogP contribution in [0.3, 0.4) is 0 Å². The van der Waals surface area contributed by atoms with Crippen molar-refractivity contribution in [3.8, 4) is 0 Å². The van der Waals surface area contributed by atoms with E-state index < -0.39 is 28.6 Å². The molecule has 14 heavy (non-hydrogen) atoms. The summed E-state index contributed by atoms with van der Waals surface area (Å²) in [7, 11) is 0. The molecular formula is C10H11F3O. The molecule has 0 spiro atoms. The number of aliphatic hydroxyl groups is 1. The molecule has 0 aromatic heterocycles. The van der Waals surface area contributed by atoms with Crippen molar-refractivity contribution >= 4 is 0 Å². The minimum Gasteiger partial charge on any atom is -0.385 e. The average molecular weight is 204 g/mol. The topological polar surface area (TPSA) is 20.2 Å². The molecule has 0 saturated carbocycles. The van der Waals surface area contributed by atoms with E-state index in [1.54, 1.807) is 6.92 Å². The molecule has 1 rings (SSSR count). The molecule has 0 aliphatic carbocycles. The molecule has 1 aromatic rings. The largest absolute Gasteiger partial charge is 0.385 e. The second-order valence-corrected chi connectivity index (χ2v) is 3.37. The van der Waals surface area contributed by atoms with Crippen molar-refractivity contribution in [1.29, 1.82) is 0 Å². The van der Waals surface area contributed by atoms with Crippen molar-refractivity contribution in [2.75, 3.05) is 0 Å². The summed E-state index contributed by atoms with van der Waals surface area (Å²) in [6.07, 6.45) is 0.145. The fraction of sp³-hybridized carbons (Fsp3) is 0.400. The maximum absolute atomic E-state index is 13.2. The van der Waals surface area contributed by atoms with Gasteiger partial charge >= 0.3 is 0 Å². The highest BCUT2D eigenvalue weighted by Crippen LogP contribution is 2.29. The second kappa shape index (κ2) is 3.61. The lowest BCUT2D eigenvalue weighted by Crippen LogP contribution is -2.23. The van der Waals surface area contributed by atoms with E-state index >= 15 is 0 Å². The second-order valence-electron chi connectivity index (χ2n) is 3.37. The van der Waals surface area contributed by atoms with E-state index in [1.807, 2.05) is 0 Å². The smallest absolute Gasteiger partial charge is 0.135 e. The number of halogens is 3. The average Bonchev–Trinajstić information content (AvgIpc) is 2.01. The van der Waals surface area contributed by atoms with Crippen LogP contribution in [0.5, 0.6) is 0 Å². The zero-order chi connectivity index (χ0) is 10.9. The van der Waals surface area contributed by atoms with Gasteiger partial charge < -0.3 is 5.11 Å². The van der Waals surface area contributed by atoms with Crippen LogP contribution in [0.1, 0.15) is 25.8 Å². The highest BCUT2D eigenvalue weighted by molar-refractivity contribution is 5.26. The molecular weight excluding hydrogens is 193 g/mol. The molecule has 1 unspecified atom stereocenters. The van der Waals surface area contributed by atoms with Crippen LogP contribution in [-0.4, -0.2) is 5.11 Å².